The van der Waals surface area contributed by atoms with E-state index in [1.54, 1.807) is 0 Å². The van der Waals surface area contributed by atoms with Gasteiger partial charge in [-0.1, -0.05) is 13.8 Å². The first kappa shape index (κ1) is 7.35. The van der Waals surface area contributed by atoms with Crippen LogP contribution in [0.2, 0.25) is 0 Å². The number of rotatable bonds is 3. The van der Waals surface area contributed by atoms with E-state index in [1.165, 1.54) is 0 Å². The van der Waals surface area contributed by atoms with E-state index in [9.17, 15) is 0 Å². The van der Waals surface area contributed by atoms with Crippen LogP contribution >= 0.6 is 8.96 Å². The molecule has 0 heterocycles. The van der Waals surface area contributed by atoms with Crippen molar-refractivity contribution in [3.8, 4) is 0 Å². The lowest BCUT2D eigenvalue weighted by Crippen LogP contribution is -2.10. The lowest BCUT2D eigenvalue weighted by molar-refractivity contribution is 0.461. The van der Waals surface area contributed by atoms with Crippen LogP contribution in [0.5, 0.6) is 0 Å². The largest absolute Gasteiger partial charge is 0.353 e. The molecule has 0 unspecified atom stereocenters. The van der Waals surface area contributed by atoms with E-state index in [1.807, 2.05) is 18.5 Å². The van der Waals surface area contributed by atoms with Crippen LogP contribution < -0.4 is 0 Å². The predicted octanol–water partition coefficient (Wildman–Crippen LogP) is 1.10. The second-order valence-electron chi connectivity index (χ2n) is 1.23. The third-order valence-corrected chi connectivity index (χ3v) is 1.68. The molecule has 0 saturated heterocycles. The highest BCUT2D eigenvalue weighted by atomic mass is 31.1. The van der Waals surface area contributed by atoms with Crippen molar-refractivity contribution in [1.29, 1.82) is 0 Å². The fraction of sp³-hybridized carbons (Fsp3) is 1.00. The molecule has 0 fully saturated rings. The Labute approximate surface area is 46.4 Å². The van der Waals surface area contributed by atoms with Gasteiger partial charge >= 0.3 is 0 Å². The van der Waals surface area contributed by atoms with Crippen molar-refractivity contribution in [2.45, 2.75) is 13.8 Å². The Balaban J connectivity index is 2.99. The highest BCUT2D eigenvalue weighted by Gasteiger charge is 1.93. The monoisotopic (exact) mass is 120 g/mol. The molecule has 0 aromatic carbocycles. The molecule has 0 atom stereocenters. The maximum Gasteiger partial charge on any atom is 0.172 e. The third-order valence-electron chi connectivity index (χ3n) is 0.857. The average Bonchev–Trinajstić information content (AvgIpc) is 1.72. The summed E-state index contributed by atoms with van der Waals surface area (Å²) in [4.78, 5) is 8.42. The van der Waals surface area contributed by atoms with E-state index in [-0.39, 0.29) is 0 Å². The minimum absolute atomic E-state index is 0.393. The van der Waals surface area contributed by atoms with Gasteiger partial charge in [0, 0.05) is 13.1 Å². The summed E-state index contributed by atoms with van der Waals surface area (Å²) in [5, 5.41) is 0. The first-order valence-electron chi connectivity index (χ1n) is 2.45. The van der Waals surface area contributed by atoms with E-state index in [0.717, 1.165) is 13.1 Å². The molecule has 0 saturated carbocycles. The molecule has 1 radical (unpaired) electrons. The molecule has 0 rings (SSSR count). The minimum atomic E-state index is 0.393. The van der Waals surface area contributed by atoms with Crippen molar-refractivity contribution < 1.29 is 4.89 Å². The van der Waals surface area contributed by atoms with Gasteiger partial charge in [-0.2, -0.15) is 0 Å². The molecule has 0 aromatic heterocycles. The number of hydrogen-bond acceptors (Lipinski definition) is 2. The molecule has 43 valence electrons. The molecule has 0 aliphatic heterocycles. The maximum absolute atomic E-state index is 8.42. The van der Waals surface area contributed by atoms with Gasteiger partial charge in [-0.15, -0.1) is 0 Å². The van der Waals surface area contributed by atoms with Gasteiger partial charge in [0.1, 0.15) is 0 Å². The predicted molar refractivity (Wildman–Crippen MR) is 32.1 cm³/mol. The molecule has 0 amide bonds. The molecule has 7 heavy (non-hydrogen) atoms. The van der Waals surface area contributed by atoms with E-state index >= 15 is 0 Å². The summed E-state index contributed by atoms with van der Waals surface area (Å²) >= 11 is 0. The van der Waals surface area contributed by atoms with Crippen LogP contribution in [-0.4, -0.2) is 22.7 Å². The molecular weight excluding hydrogens is 109 g/mol. The fourth-order valence-electron chi connectivity index (χ4n) is 0.350. The Bertz CT molecular complexity index is 33.2. The number of nitrogens with zero attached hydrogens (tertiary/aromatic N) is 1. The van der Waals surface area contributed by atoms with Crippen molar-refractivity contribution >= 4 is 8.96 Å². The molecule has 0 bridgehead atoms. The summed E-state index contributed by atoms with van der Waals surface area (Å²) in [6, 6.07) is 0. The van der Waals surface area contributed by atoms with Crippen molar-refractivity contribution in [2.75, 3.05) is 13.1 Å². The van der Waals surface area contributed by atoms with E-state index < -0.39 is 0 Å². The smallest absolute Gasteiger partial charge is 0.172 e. The SMILES string of the molecule is CCN(CC)[P]O. The molecule has 0 spiro atoms. The lowest BCUT2D eigenvalue weighted by atomic mass is 10.7. The first-order valence-corrected chi connectivity index (χ1v) is 3.25. The van der Waals surface area contributed by atoms with Crippen LogP contribution in [0.1, 0.15) is 13.8 Å². The Morgan fingerprint density at radius 1 is 1.43 bits per heavy atom. The van der Waals surface area contributed by atoms with Gasteiger partial charge in [-0.25, -0.2) is 0 Å². The summed E-state index contributed by atoms with van der Waals surface area (Å²) < 4.78 is 1.90. The number of hydrogen-bond donors (Lipinski definition) is 1. The molecule has 0 aromatic rings. The van der Waals surface area contributed by atoms with Gasteiger partial charge in [0.05, 0.1) is 0 Å². The molecule has 2 nitrogen and oxygen atoms in total. The maximum atomic E-state index is 8.42. The third kappa shape index (κ3) is 2.98. The van der Waals surface area contributed by atoms with Crippen LogP contribution in [0.4, 0.5) is 0 Å². The first-order chi connectivity index (χ1) is 3.35. The van der Waals surface area contributed by atoms with Gasteiger partial charge < -0.3 is 4.89 Å². The van der Waals surface area contributed by atoms with Crippen LogP contribution in [0.15, 0.2) is 0 Å². The molecule has 0 aliphatic rings. The standard InChI is InChI=1S/C4H11NOP/c1-3-5(4-2)7-6/h6H,3-4H2,1-2H3. The fourth-order valence-corrected chi connectivity index (χ4v) is 0.603. The molecular formula is C4H11NOP. The second kappa shape index (κ2) is 4.51. The quantitative estimate of drug-likeness (QED) is 0.563. The van der Waals surface area contributed by atoms with Crippen LogP contribution in [-0.2, 0) is 0 Å². The van der Waals surface area contributed by atoms with Gasteiger partial charge in [-0.3, -0.25) is 4.67 Å². The van der Waals surface area contributed by atoms with Crippen molar-refractivity contribution in [1.82, 2.24) is 4.67 Å². The molecule has 0 aliphatic carbocycles. The van der Waals surface area contributed by atoms with Crippen molar-refractivity contribution in [2.24, 2.45) is 0 Å². The van der Waals surface area contributed by atoms with E-state index in [4.69, 9.17) is 4.89 Å². The van der Waals surface area contributed by atoms with Crippen LogP contribution in [0.3, 0.4) is 0 Å². The van der Waals surface area contributed by atoms with Crippen LogP contribution in [0, 0.1) is 0 Å². The van der Waals surface area contributed by atoms with Gasteiger partial charge in [-0.05, 0) is 0 Å². The van der Waals surface area contributed by atoms with Gasteiger partial charge in [0.2, 0.25) is 0 Å². The minimum Gasteiger partial charge on any atom is -0.353 e. The van der Waals surface area contributed by atoms with Gasteiger partial charge in [0.25, 0.3) is 0 Å². The van der Waals surface area contributed by atoms with Crippen molar-refractivity contribution in [3.05, 3.63) is 0 Å². The second-order valence-corrected chi connectivity index (χ2v) is 1.97. The Morgan fingerprint density at radius 3 is 1.86 bits per heavy atom. The summed E-state index contributed by atoms with van der Waals surface area (Å²) in [6.45, 7) is 5.89. The summed E-state index contributed by atoms with van der Waals surface area (Å²) in [5.41, 5.74) is 0. The Hall–Kier alpha value is 0.350. The summed E-state index contributed by atoms with van der Waals surface area (Å²) in [7, 11) is 0.393. The Kier molecular flexibility index (Phi) is 4.73. The highest BCUT2D eigenvalue weighted by molar-refractivity contribution is 7.28. The van der Waals surface area contributed by atoms with Crippen molar-refractivity contribution in [3.63, 3.8) is 0 Å². The topological polar surface area (TPSA) is 23.5 Å². The highest BCUT2D eigenvalue weighted by Crippen LogP contribution is 2.08. The zero-order chi connectivity index (χ0) is 5.70. The zero-order valence-electron chi connectivity index (χ0n) is 4.76. The lowest BCUT2D eigenvalue weighted by Gasteiger charge is -2.09. The zero-order valence-corrected chi connectivity index (χ0v) is 5.65. The Morgan fingerprint density at radius 2 is 1.86 bits per heavy atom. The summed E-state index contributed by atoms with van der Waals surface area (Å²) in [5.74, 6) is 0. The van der Waals surface area contributed by atoms with Crippen LogP contribution in [0.25, 0.3) is 0 Å². The van der Waals surface area contributed by atoms with E-state index in [2.05, 4.69) is 0 Å². The molecule has 3 heteroatoms. The molecule has 1 N–H and O–H groups in total. The normalized spacial score (nSPS) is 12.0. The average molecular weight is 120 g/mol. The van der Waals surface area contributed by atoms with Gasteiger partial charge in [0.15, 0.2) is 8.96 Å². The van der Waals surface area contributed by atoms with E-state index in [0.29, 0.717) is 8.96 Å². The summed E-state index contributed by atoms with van der Waals surface area (Å²) in [6.07, 6.45) is 0.